The fourth-order valence-corrected chi connectivity index (χ4v) is 2.08. The van der Waals surface area contributed by atoms with Gasteiger partial charge in [-0.1, -0.05) is 6.07 Å². The molecule has 1 aromatic carbocycles. The van der Waals surface area contributed by atoms with Crippen LogP contribution in [0.4, 0.5) is 8.78 Å². The van der Waals surface area contributed by atoms with E-state index < -0.39 is 17.7 Å². The molecule has 0 bridgehead atoms. The predicted molar refractivity (Wildman–Crippen MR) is 72.0 cm³/mol. The van der Waals surface area contributed by atoms with Gasteiger partial charge in [0.15, 0.2) is 0 Å². The van der Waals surface area contributed by atoms with Crippen molar-refractivity contribution < 1.29 is 8.78 Å². The first-order chi connectivity index (χ1) is 9.41. The van der Waals surface area contributed by atoms with E-state index in [0.29, 0.717) is 6.54 Å². The van der Waals surface area contributed by atoms with Crippen molar-refractivity contribution in [1.82, 2.24) is 19.7 Å². The van der Waals surface area contributed by atoms with E-state index in [1.54, 1.807) is 14.0 Å². The molecule has 0 aliphatic rings. The highest BCUT2D eigenvalue weighted by Gasteiger charge is 2.21. The molecule has 0 N–H and O–H groups in total. The third-order valence-electron chi connectivity index (χ3n) is 3.65. The molecule has 0 radical (unpaired) electrons. The average molecular weight is 280 g/mol. The molecule has 1 heterocycles. The van der Waals surface area contributed by atoms with Crippen molar-refractivity contribution in [3.05, 3.63) is 47.0 Å². The zero-order chi connectivity index (χ0) is 14.9. The number of rotatable bonds is 4. The first-order valence-corrected chi connectivity index (χ1v) is 6.40. The maximum atomic E-state index is 13.8. The zero-order valence-corrected chi connectivity index (χ0v) is 12.1. The molecular formula is C14H18F2N4. The van der Waals surface area contributed by atoms with Gasteiger partial charge in [-0.05, 0) is 33.0 Å². The molecule has 0 aliphatic carbocycles. The summed E-state index contributed by atoms with van der Waals surface area (Å²) in [5.74, 6) is 0.503. The number of hydrogen-bond acceptors (Lipinski definition) is 3. The second-order valence-electron chi connectivity index (χ2n) is 4.95. The second-order valence-corrected chi connectivity index (χ2v) is 4.95. The fourth-order valence-electron chi connectivity index (χ4n) is 2.08. The lowest BCUT2D eigenvalue weighted by Crippen LogP contribution is -2.25. The van der Waals surface area contributed by atoms with Gasteiger partial charge < -0.3 is 4.57 Å². The van der Waals surface area contributed by atoms with Crippen LogP contribution in [0.2, 0.25) is 0 Å². The minimum atomic E-state index is -0.529. The molecule has 108 valence electrons. The first-order valence-electron chi connectivity index (χ1n) is 6.40. The molecule has 1 unspecified atom stereocenters. The minimum absolute atomic E-state index is 0.0777. The standard InChI is InChI=1S/C14H18F2N4/c1-9(14-11(15)6-5-7-12(14)16)19(3)8-13-18-17-10(2)20(13)4/h5-7,9H,8H2,1-4H3. The van der Waals surface area contributed by atoms with Crippen molar-refractivity contribution in [2.45, 2.75) is 26.4 Å². The largest absolute Gasteiger partial charge is 0.317 e. The van der Waals surface area contributed by atoms with Crippen LogP contribution in [-0.2, 0) is 13.6 Å². The van der Waals surface area contributed by atoms with Crippen LogP contribution in [0.1, 0.15) is 30.2 Å². The number of aryl methyl sites for hydroxylation is 1. The molecular weight excluding hydrogens is 262 g/mol. The van der Waals surface area contributed by atoms with Crippen LogP contribution in [0.25, 0.3) is 0 Å². The smallest absolute Gasteiger partial charge is 0.146 e. The summed E-state index contributed by atoms with van der Waals surface area (Å²) in [6.45, 7) is 4.09. The first kappa shape index (κ1) is 14.6. The quantitative estimate of drug-likeness (QED) is 0.863. The van der Waals surface area contributed by atoms with E-state index in [1.165, 1.54) is 18.2 Å². The second kappa shape index (κ2) is 5.66. The van der Waals surface area contributed by atoms with Crippen molar-refractivity contribution in [3.63, 3.8) is 0 Å². The van der Waals surface area contributed by atoms with E-state index in [0.717, 1.165) is 11.6 Å². The summed E-state index contributed by atoms with van der Waals surface area (Å²) >= 11 is 0. The fraction of sp³-hybridized carbons (Fsp3) is 0.429. The van der Waals surface area contributed by atoms with Crippen LogP contribution < -0.4 is 0 Å². The maximum Gasteiger partial charge on any atom is 0.146 e. The molecule has 4 nitrogen and oxygen atoms in total. The Hall–Kier alpha value is -1.82. The Kier molecular flexibility index (Phi) is 4.13. The lowest BCUT2D eigenvalue weighted by Gasteiger charge is -2.25. The molecule has 2 rings (SSSR count). The molecule has 0 fully saturated rings. The predicted octanol–water partition coefficient (Wildman–Crippen LogP) is 2.59. The Morgan fingerprint density at radius 2 is 1.85 bits per heavy atom. The van der Waals surface area contributed by atoms with Crippen molar-refractivity contribution in [2.75, 3.05) is 7.05 Å². The Balaban J connectivity index is 2.21. The molecule has 6 heteroatoms. The number of halogens is 2. The van der Waals surface area contributed by atoms with E-state index in [2.05, 4.69) is 10.2 Å². The van der Waals surface area contributed by atoms with E-state index >= 15 is 0 Å². The van der Waals surface area contributed by atoms with Crippen LogP contribution in [0.15, 0.2) is 18.2 Å². The van der Waals surface area contributed by atoms with Gasteiger partial charge in [0.25, 0.3) is 0 Å². The van der Waals surface area contributed by atoms with Crippen molar-refractivity contribution in [2.24, 2.45) is 7.05 Å². The molecule has 1 aromatic heterocycles. The van der Waals surface area contributed by atoms with E-state index in [4.69, 9.17) is 0 Å². The van der Waals surface area contributed by atoms with Crippen molar-refractivity contribution in [1.29, 1.82) is 0 Å². The SMILES string of the molecule is Cc1nnc(CN(C)C(C)c2c(F)cccc2F)n1C. The van der Waals surface area contributed by atoms with Crippen LogP contribution in [0, 0.1) is 18.6 Å². The minimum Gasteiger partial charge on any atom is -0.317 e. The van der Waals surface area contributed by atoms with Crippen LogP contribution in [-0.4, -0.2) is 26.7 Å². The highest BCUT2D eigenvalue weighted by Crippen LogP contribution is 2.25. The Bertz CT molecular complexity index is 589. The van der Waals surface area contributed by atoms with Gasteiger partial charge in [0, 0.05) is 18.7 Å². The molecule has 0 spiro atoms. The molecule has 0 saturated carbocycles. The van der Waals surface area contributed by atoms with E-state index in [9.17, 15) is 8.78 Å². The third-order valence-corrected chi connectivity index (χ3v) is 3.65. The summed E-state index contributed by atoms with van der Waals surface area (Å²) < 4.78 is 29.4. The molecule has 0 amide bonds. The lowest BCUT2D eigenvalue weighted by atomic mass is 10.1. The molecule has 0 saturated heterocycles. The Morgan fingerprint density at radius 3 is 2.35 bits per heavy atom. The van der Waals surface area contributed by atoms with Crippen molar-refractivity contribution >= 4 is 0 Å². The number of nitrogens with zero attached hydrogens (tertiary/aromatic N) is 4. The van der Waals surface area contributed by atoms with Gasteiger partial charge in [-0.3, -0.25) is 4.90 Å². The lowest BCUT2D eigenvalue weighted by molar-refractivity contribution is 0.234. The summed E-state index contributed by atoms with van der Waals surface area (Å²) in [5, 5.41) is 8.03. The monoisotopic (exact) mass is 280 g/mol. The van der Waals surface area contributed by atoms with E-state index in [-0.39, 0.29) is 5.56 Å². The summed E-state index contributed by atoms with van der Waals surface area (Å²) in [5.41, 5.74) is 0.0777. The maximum absolute atomic E-state index is 13.8. The molecule has 20 heavy (non-hydrogen) atoms. The molecule has 1 atom stereocenters. The highest BCUT2D eigenvalue weighted by molar-refractivity contribution is 5.22. The third kappa shape index (κ3) is 2.70. The van der Waals surface area contributed by atoms with Gasteiger partial charge in [0.2, 0.25) is 0 Å². The normalized spacial score (nSPS) is 12.9. The van der Waals surface area contributed by atoms with Crippen LogP contribution in [0.3, 0.4) is 0 Å². The zero-order valence-electron chi connectivity index (χ0n) is 12.1. The van der Waals surface area contributed by atoms with Gasteiger partial charge >= 0.3 is 0 Å². The van der Waals surface area contributed by atoms with Crippen LogP contribution >= 0.6 is 0 Å². The topological polar surface area (TPSA) is 34.0 Å². The average Bonchev–Trinajstić information content (AvgIpc) is 2.70. The number of hydrogen-bond donors (Lipinski definition) is 0. The van der Waals surface area contributed by atoms with Gasteiger partial charge in [-0.2, -0.15) is 0 Å². The summed E-state index contributed by atoms with van der Waals surface area (Å²) in [6.07, 6.45) is 0. The molecule has 2 aromatic rings. The van der Waals surface area contributed by atoms with E-state index in [1.807, 2.05) is 23.4 Å². The highest BCUT2D eigenvalue weighted by atomic mass is 19.1. The van der Waals surface area contributed by atoms with Gasteiger partial charge in [-0.15, -0.1) is 10.2 Å². The Labute approximate surface area is 117 Å². The van der Waals surface area contributed by atoms with Gasteiger partial charge in [-0.25, -0.2) is 8.78 Å². The number of aromatic nitrogens is 3. The Morgan fingerprint density at radius 1 is 1.25 bits per heavy atom. The summed E-state index contributed by atoms with van der Waals surface area (Å²) in [7, 11) is 3.67. The van der Waals surface area contributed by atoms with Gasteiger partial charge in [0.05, 0.1) is 6.54 Å². The number of benzene rings is 1. The van der Waals surface area contributed by atoms with Gasteiger partial charge in [0.1, 0.15) is 23.3 Å². The summed E-state index contributed by atoms with van der Waals surface area (Å²) in [6, 6.07) is 3.52. The molecule has 0 aliphatic heterocycles. The summed E-state index contributed by atoms with van der Waals surface area (Å²) in [4.78, 5) is 1.84. The van der Waals surface area contributed by atoms with Crippen LogP contribution in [0.5, 0.6) is 0 Å². The van der Waals surface area contributed by atoms with Crippen molar-refractivity contribution in [3.8, 4) is 0 Å².